The third kappa shape index (κ3) is 2.17. The molecular weight excluding hydrogens is 209 g/mol. The van der Waals surface area contributed by atoms with E-state index in [2.05, 4.69) is 0 Å². The van der Waals surface area contributed by atoms with Gasteiger partial charge in [0.05, 0.1) is 6.61 Å². The average Bonchev–Trinajstić information content (AvgIpc) is 2.32. The first-order valence-corrected chi connectivity index (χ1v) is 5.24. The predicted octanol–water partition coefficient (Wildman–Crippen LogP) is 2.14. The SMILES string of the molecule is Nc1ccc(F)cc1C(O)C1=CCCCO1. The van der Waals surface area contributed by atoms with Gasteiger partial charge < -0.3 is 15.6 Å². The Morgan fingerprint density at radius 1 is 1.44 bits per heavy atom. The lowest BCUT2D eigenvalue weighted by Crippen LogP contribution is -2.11. The fraction of sp³-hybridized carbons (Fsp3) is 0.333. The van der Waals surface area contributed by atoms with Crippen LogP contribution in [0.1, 0.15) is 24.5 Å². The lowest BCUT2D eigenvalue weighted by molar-refractivity contribution is 0.0920. The number of nitrogen functional groups attached to an aromatic ring is 1. The molecule has 0 aliphatic carbocycles. The predicted molar refractivity (Wildman–Crippen MR) is 59.0 cm³/mol. The van der Waals surface area contributed by atoms with Crippen molar-refractivity contribution in [1.29, 1.82) is 0 Å². The Bertz CT molecular complexity index is 417. The van der Waals surface area contributed by atoms with Crippen LogP contribution in [0.3, 0.4) is 0 Å². The van der Waals surface area contributed by atoms with Gasteiger partial charge in [-0.2, -0.15) is 0 Å². The molecule has 0 fully saturated rings. The first kappa shape index (κ1) is 11.0. The topological polar surface area (TPSA) is 55.5 Å². The van der Waals surface area contributed by atoms with Crippen molar-refractivity contribution in [2.75, 3.05) is 12.3 Å². The van der Waals surface area contributed by atoms with E-state index in [-0.39, 0.29) is 0 Å². The first-order valence-electron chi connectivity index (χ1n) is 5.24. The van der Waals surface area contributed by atoms with Crippen molar-refractivity contribution < 1.29 is 14.2 Å². The van der Waals surface area contributed by atoms with Gasteiger partial charge >= 0.3 is 0 Å². The average molecular weight is 223 g/mol. The number of aliphatic hydroxyl groups excluding tert-OH is 1. The van der Waals surface area contributed by atoms with Crippen LogP contribution in [0.25, 0.3) is 0 Å². The van der Waals surface area contributed by atoms with Gasteiger partial charge in [-0.05, 0) is 37.1 Å². The van der Waals surface area contributed by atoms with Crippen molar-refractivity contribution >= 4 is 5.69 Å². The highest BCUT2D eigenvalue weighted by Crippen LogP contribution is 2.29. The van der Waals surface area contributed by atoms with E-state index in [0.717, 1.165) is 12.8 Å². The number of benzene rings is 1. The summed E-state index contributed by atoms with van der Waals surface area (Å²) < 4.78 is 18.4. The minimum Gasteiger partial charge on any atom is -0.495 e. The van der Waals surface area contributed by atoms with Crippen LogP contribution in [0.15, 0.2) is 30.0 Å². The normalized spacial score (nSPS) is 17.5. The van der Waals surface area contributed by atoms with Crippen LogP contribution in [-0.2, 0) is 4.74 Å². The number of rotatable bonds is 2. The number of halogens is 1. The molecule has 0 aromatic heterocycles. The van der Waals surface area contributed by atoms with Crippen molar-refractivity contribution in [3.63, 3.8) is 0 Å². The molecule has 1 aliphatic heterocycles. The second-order valence-corrected chi connectivity index (χ2v) is 3.77. The summed E-state index contributed by atoms with van der Waals surface area (Å²) in [6.45, 7) is 0.581. The number of aliphatic hydroxyl groups is 1. The molecule has 1 aromatic rings. The maximum atomic E-state index is 13.0. The molecule has 0 radical (unpaired) electrons. The second kappa shape index (κ2) is 4.53. The van der Waals surface area contributed by atoms with Crippen molar-refractivity contribution in [3.8, 4) is 0 Å². The molecular formula is C12H14FNO2. The summed E-state index contributed by atoms with van der Waals surface area (Å²) in [5, 5.41) is 10.0. The molecule has 0 bridgehead atoms. The Balaban J connectivity index is 2.29. The smallest absolute Gasteiger partial charge is 0.138 e. The number of anilines is 1. The molecule has 1 aliphatic rings. The van der Waals surface area contributed by atoms with Crippen molar-refractivity contribution in [1.82, 2.24) is 0 Å². The fourth-order valence-corrected chi connectivity index (χ4v) is 1.70. The molecule has 1 heterocycles. The monoisotopic (exact) mass is 223 g/mol. The standard InChI is InChI=1S/C12H14FNO2/c13-8-4-5-10(14)9(7-8)12(15)11-3-1-2-6-16-11/h3-5,7,12,15H,1-2,6,14H2. The molecule has 3 nitrogen and oxygen atoms in total. The minimum absolute atomic E-state index is 0.355. The summed E-state index contributed by atoms with van der Waals surface area (Å²) in [6, 6.07) is 3.94. The van der Waals surface area contributed by atoms with Gasteiger partial charge in [-0.25, -0.2) is 4.39 Å². The van der Waals surface area contributed by atoms with Crippen LogP contribution in [0, 0.1) is 5.82 Å². The zero-order valence-electron chi connectivity index (χ0n) is 8.82. The highest BCUT2D eigenvalue weighted by molar-refractivity contribution is 5.49. The summed E-state index contributed by atoms with van der Waals surface area (Å²) in [4.78, 5) is 0. The molecule has 0 saturated heterocycles. The molecule has 0 amide bonds. The number of allylic oxidation sites excluding steroid dienone is 1. The summed E-state index contributed by atoms with van der Waals surface area (Å²) in [5.41, 5.74) is 6.41. The molecule has 4 heteroatoms. The third-order valence-electron chi connectivity index (χ3n) is 2.58. The van der Waals surface area contributed by atoms with Crippen LogP contribution >= 0.6 is 0 Å². The molecule has 2 rings (SSSR count). The first-order chi connectivity index (χ1) is 7.68. The minimum atomic E-state index is -0.976. The molecule has 0 spiro atoms. The van der Waals surface area contributed by atoms with Gasteiger partial charge in [0.2, 0.25) is 0 Å². The van der Waals surface area contributed by atoms with E-state index in [4.69, 9.17) is 10.5 Å². The van der Waals surface area contributed by atoms with Gasteiger partial charge in [0, 0.05) is 11.3 Å². The molecule has 1 aromatic carbocycles. The van der Waals surface area contributed by atoms with Gasteiger partial charge in [0.25, 0.3) is 0 Å². The van der Waals surface area contributed by atoms with E-state index in [0.29, 0.717) is 23.6 Å². The number of nitrogens with two attached hydrogens (primary N) is 1. The van der Waals surface area contributed by atoms with Crippen LogP contribution in [-0.4, -0.2) is 11.7 Å². The Morgan fingerprint density at radius 3 is 2.94 bits per heavy atom. The van der Waals surface area contributed by atoms with Crippen LogP contribution in [0.5, 0.6) is 0 Å². The van der Waals surface area contributed by atoms with E-state index in [1.807, 2.05) is 6.08 Å². The maximum absolute atomic E-state index is 13.0. The Morgan fingerprint density at radius 2 is 2.25 bits per heavy atom. The van der Waals surface area contributed by atoms with Gasteiger partial charge in [-0.15, -0.1) is 0 Å². The quantitative estimate of drug-likeness (QED) is 0.755. The number of ether oxygens (including phenoxy) is 1. The molecule has 86 valence electrons. The van der Waals surface area contributed by atoms with Gasteiger partial charge in [-0.1, -0.05) is 0 Å². The van der Waals surface area contributed by atoms with E-state index >= 15 is 0 Å². The molecule has 1 unspecified atom stereocenters. The summed E-state index contributed by atoms with van der Waals surface area (Å²) in [6.07, 6.45) is 2.64. The second-order valence-electron chi connectivity index (χ2n) is 3.77. The Hall–Kier alpha value is -1.55. The van der Waals surface area contributed by atoms with E-state index in [9.17, 15) is 9.50 Å². The maximum Gasteiger partial charge on any atom is 0.138 e. The van der Waals surface area contributed by atoms with Gasteiger partial charge in [0.15, 0.2) is 0 Å². The Kier molecular flexibility index (Phi) is 3.10. The molecule has 1 atom stereocenters. The van der Waals surface area contributed by atoms with Crippen LogP contribution in [0.4, 0.5) is 10.1 Å². The lowest BCUT2D eigenvalue weighted by Gasteiger charge is -2.21. The van der Waals surface area contributed by atoms with Crippen LogP contribution in [0.2, 0.25) is 0 Å². The van der Waals surface area contributed by atoms with Gasteiger partial charge in [-0.3, -0.25) is 0 Å². The summed E-state index contributed by atoms with van der Waals surface area (Å²) in [7, 11) is 0. The lowest BCUT2D eigenvalue weighted by atomic mass is 10.0. The Labute approximate surface area is 93.3 Å². The fourth-order valence-electron chi connectivity index (χ4n) is 1.70. The van der Waals surface area contributed by atoms with Crippen LogP contribution < -0.4 is 5.73 Å². The van der Waals surface area contributed by atoms with Crippen molar-refractivity contribution in [2.45, 2.75) is 18.9 Å². The zero-order chi connectivity index (χ0) is 11.5. The summed E-state index contributed by atoms with van der Waals surface area (Å²) in [5.74, 6) is 0.0446. The molecule has 3 N–H and O–H groups in total. The highest BCUT2D eigenvalue weighted by Gasteiger charge is 2.19. The van der Waals surface area contributed by atoms with E-state index < -0.39 is 11.9 Å². The molecule has 0 saturated carbocycles. The summed E-state index contributed by atoms with van der Waals surface area (Å²) >= 11 is 0. The highest BCUT2D eigenvalue weighted by atomic mass is 19.1. The largest absolute Gasteiger partial charge is 0.495 e. The number of hydrogen-bond acceptors (Lipinski definition) is 3. The molecule has 16 heavy (non-hydrogen) atoms. The third-order valence-corrected chi connectivity index (χ3v) is 2.58. The van der Waals surface area contributed by atoms with Crippen molar-refractivity contribution in [2.24, 2.45) is 0 Å². The van der Waals surface area contributed by atoms with Gasteiger partial charge in [0.1, 0.15) is 17.7 Å². The van der Waals surface area contributed by atoms with E-state index in [1.165, 1.54) is 18.2 Å². The van der Waals surface area contributed by atoms with E-state index in [1.54, 1.807) is 0 Å². The zero-order valence-corrected chi connectivity index (χ0v) is 8.82. The van der Waals surface area contributed by atoms with Crippen molar-refractivity contribution in [3.05, 3.63) is 41.4 Å². The number of hydrogen-bond donors (Lipinski definition) is 2.